The van der Waals surface area contributed by atoms with Crippen molar-refractivity contribution in [2.24, 2.45) is 4.99 Å². The molecule has 0 aromatic carbocycles. The highest BCUT2D eigenvalue weighted by molar-refractivity contribution is 5.72. The van der Waals surface area contributed by atoms with Crippen LogP contribution in [0.4, 0.5) is 13.2 Å². The molecule has 0 fully saturated rings. The van der Waals surface area contributed by atoms with E-state index in [9.17, 15) is 13.2 Å². The van der Waals surface area contributed by atoms with Crippen LogP contribution >= 0.6 is 0 Å². The van der Waals surface area contributed by atoms with Crippen LogP contribution in [-0.2, 0) is 4.84 Å². The van der Waals surface area contributed by atoms with Crippen LogP contribution in [0.25, 0.3) is 0 Å². The number of hydrogen-bond acceptors (Lipinski definition) is 4. The maximum atomic E-state index is 11.6. The number of aliphatic imine (C=N–C) groups is 1. The Morgan fingerprint density at radius 2 is 2.08 bits per heavy atom. The normalized spacial score (nSPS) is 12.8. The Hall–Kier alpha value is -1.02. The molecule has 0 radical (unpaired) electrons. The van der Waals surface area contributed by atoms with E-state index in [0.717, 1.165) is 0 Å². The van der Waals surface area contributed by atoms with Crippen molar-refractivity contribution in [1.82, 2.24) is 16.3 Å². The summed E-state index contributed by atoms with van der Waals surface area (Å²) in [6.07, 6.45) is -4.31. The van der Waals surface area contributed by atoms with Gasteiger partial charge in [0.05, 0.1) is 0 Å². The number of alkyl halides is 3. The number of nitrogens with zero attached hydrogens (tertiary/aromatic N) is 1. The third kappa shape index (κ3) is 7.34. The van der Waals surface area contributed by atoms with Gasteiger partial charge in [0, 0.05) is 14.1 Å². The van der Waals surface area contributed by atoms with Gasteiger partial charge < -0.3 is 4.84 Å². The van der Waals surface area contributed by atoms with Gasteiger partial charge >= 0.3 is 12.2 Å². The smallest absolute Gasteiger partial charge is 0.369 e. The summed E-state index contributed by atoms with van der Waals surface area (Å²) in [5.41, 5.74) is 6.51. The lowest BCUT2D eigenvalue weighted by atomic mass is 10.7. The number of amidine groups is 1. The number of nitrogens with one attached hydrogen (secondary N) is 3. The first-order valence-corrected chi connectivity index (χ1v) is 3.35. The fourth-order valence-corrected chi connectivity index (χ4v) is 0.420. The van der Waals surface area contributed by atoms with Gasteiger partial charge in [-0.25, -0.2) is 10.4 Å². The van der Waals surface area contributed by atoms with Crippen LogP contribution in [0.15, 0.2) is 4.99 Å². The molecule has 0 aromatic heterocycles. The third-order valence-electron chi connectivity index (χ3n) is 0.876. The minimum atomic E-state index is -4.31. The molecule has 8 heteroatoms. The van der Waals surface area contributed by atoms with Crippen molar-refractivity contribution in [2.75, 3.05) is 20.6 Å². The summed E-state index contributed by atoms with van der Waals surface area (Å²) >= 11 is 0. The largest absolute Gasteiger partial charge is 0.404 e. The first kappa shape index (κ1) is 12.0. The Bertz CT molecular complexity index is 170. The van der Waals surface area contributed by atoms with E-state index in [1.54, 1.807) is 5.48 Å². The van der Waals surface area contributed by atoms with Gasteiger partial charge in [-0.3, -0.25) is 5.43 Å². The van der Waals surface area contributed by atoms with Gasteiger partial charge in [0.2, 0.25) is 0 Å². The minimum absolute atomic E-state index is 0.0771. The molecule has 0 rings (SSSR count). The molecule has 0 saturated heterocycles. The molecule has 5 nitrogen and oxygen atoms in total. The molecule has 0 atom stereocenters. The zero-order chi connectivity index (χ0) is 10.3. The maximum absolute atomic E-state index is 11.6. The minimum Gasteiger partial charge on any atom is -0.369 e. The summed E-state index contributed by atoms with van der Waals surface area (Å²) in [6.45, 7) is -1.24. The second kappa shape index (κ2) is 5.60. The van der Waals surface area contributed by atoms with Crippen molar-refractivity contribution in [2.45, 2.75) is 6.18 Å². The van der Waals surface area contributed by atoms with Crippen LogP contribution in [0.5, 0.6) is 0 Å². The van der Waals surface area contributed by atoms with Gasteiger partial charge in [0.1, 0.15) is 6.54 Å². The molecule has 0 aliphatic rings. The zero-order valence-corrected chi connectivity index (χ0v) is 7.20. The molecule has 0 aliphatic heterocycles. The number of hydroxylamine groups is 1. The predicted molar refractivity (Wildman–Crippen MR) is 40.7 cm³/mol. The van der Waals surface area contributed by atoms with E-state index in [0.29, 0.717) is 0 Å². The standard InChI is InChI=1S/C5H11F3N4O/c1-9-4(12-10-2)13-11-3-5(6,7)8/h10-11H,3H2,1-2H3,(H,9,12). The molecule has 3 N–H and O–H groups in total. The van der Waals surface area contributed by atoms with Crippen LogP contribution in [-0.4, -0.2) is 32.8 Å². The summed E-state index contributed by atoms with van der Waals surface area (Å²) in [6, 6.07) is -0.0771. The lowest BCUT2D eigenvalue weighted by Gasteiger charge is -2.11. The predicted octanol–water partition coefficient (Wildman–Crippen LogP) is -0.220. The van der Waals surface area contributed by atoms with Crippen LogP contribution in [0, 0.1) is 0 Å². The van der Waals surface area contributed by atoms with Gasteiger partial charge in [0.25, 0.3) is 0 Å². The number of hydrazine groups is 1. The number of hydrogen-bond donors (Lipinski definition) is 3. The Morgan fingerprint density at radius 3 is 2.46 bits per heavy atom. The lowest BCUT2D eigenvalue weighted by Crippen LogP contribution is -2.41. The summed E-state index contributed by atoms with van der Waals surface area (Å²) in [5, 5.41) is 0. The maximum Gasteiger partial charge on any atom is 0.404 e. The van der Waals surface area contributed by atoms with Gasteiger partial charge in [-0.2, -0.15) is 13.2 Å². The Balaban J connectivity index is 3.62. The van der Waals surface area contributed by atoms with E-state index < -0.39 is 12.7 Å². The monoisotopic (exact) mass is 200 g/mol. The Morgan fingerprint density at radius 1 is 1.46 bits per heavy atom. The third-order valence-corrected chi connectivity index (χ3v) is 0.876. The highest BCUT2D eigenvalue weighted by Gasteiger charge is 2.27. The van der Waals surface area contributed by atoms with Gasteiger partial charge in [-0.15, -0.1) is 5.48 Å². The van der Waals surface area contributed by atoms with Crippen molar-refractivity contribution >= 4 is 6.02 Å². The molecule has 78 valence electrons. The molecule has 0 spiro atoms. The fourth-order valence-electron chi connectivity index (χ4n) is 0.420. The molecule has 13 heavy (non-hydrogen) atoms. The van der Waals surface area contributed by atoms with E-state index in [-0.39, 0.29) is 6.02 Å². The molecule has 0 saturated carbocycles. The highest BCUT2D eigenvalue weighted by Crippen LogP contribution is 2.11. The molecular weight excluding hydrogens is 189 g/mol. The molecule has 0 amide bonds. The SMILES string of the molecule is CN=C(NNC)ONCC(F)(F)F. The molecular formula is C5H11F3N4O. The van der Waals surface area contributed by atoms with E-state index in [2.05, 4.69) is 20.7 Å². The van der Waals surface area contributed by atoms with Crippen LogP contribution < -0.4 is 16.3 Å². The molecule has 0 unspecified atom stereocenters. The number of rotatable bonds is 3. The van der Waals surface area contributed by atoms with E-state index in [4.69, 9.17) is 0 Å². The van der Waals surface area contributed by atoms with E-state index in [1.165, 1.54) is 14.1 Å². The van der Waals surface area contributed by atoms with Crippen LogP contribution in [0.1, 0.15) is 0 Å². The average Bonchev–Trinajstić information content (AvgIpc) is 2.01. The van der Waals surface area contributed by atoms with Gasteiger partial charge in [-0.05, 0) is 0 Å². The van der Waals surface area contributed by atoms with Crippen molar-refractivity contribution in [3.05, 3.63) is 0 Å². The Labute approximate surface area is 73.3 Å². The van der Waals surface area contributed by atoms with Crippen LogP contribution in [0.3, 0.4) is 0 Å². The summed E-state index contributed by atoms with van der Waals surface area (Å²) in [7, 11) is 2.90. The summed E-state index contributed by atoms with van der Waals surface area (Å²) in [4.78, 5) is 7.90. The van der Waals surface area contributed by atoms with Crippen molar-refractivity contribution in [1.29, 1.82) is 0 Å². The number of halogens is 3. The van der Waals surface area contributed by atoms with Crippen molar-refractivity contribution in [3.63, 3.8) is 0 Å². The summed E-state index contributed by atoms with van der Waals surface area (Å²) < 4.78 is 34.7. The first-order valence-electron chi connectivity index (χ1n) is 3.35. The lowest BCUT2D eigenvalue weighted by molar-refractivity contribution is -0.139. The first-order chi connectivity index (χ1) is 5.99. The van der Waals surface area contributed by atoms with E-state index in [1.807, 2.05) is 0 Å². The molecule has 0 aromatic rings. The molecule has 0 heterocycles. The Kier molecular flexibility index (Phi) is 5.16. The van der Waals surface area contributed by atoms with Gasteiger partial charge in [0.15, 0.2) is 0 Å². The average molecular weight is 200 g/mol. The van der Waals surface area contributed by atoms with Gasteiger partial charge in [-0.1, -0.05) is 0 Å². The highest BCUT2D eigenvalue weighted by atomic mass is 19.4. The summed E-state index contributed by atoms with van der Waals surface area (Å²) in [5.74, 6) is 0. The fraction of sp³-hybridized carbons (Fsp3) is 0.800. The van der Waals surface area contributed by atoms with Crippen molar-refractivity contribution < 1.29 is 18.0 Å². The molecule has 0 aliphatic carbocycles. The topological polar surface area (TPSA) is 57.7 Å². The second-order valence-electron chi connectivity index (χ2n) is 1.94. The molecule has 0 bridgehead atoms. The van der Waals surface area contributed by atoms with Crippen molar-refractivity contribution in [3.8, 4) is 0 Å². The van der Waals surface area contributed by atoms with E-state index >= 15 is 0 Å². The second-order valence-corrected chi connectivity index (χ2v) is 1.94. The quantitative estimate of drug-likeness (QED) is 0.335. The zero-order valence-electron chi connectivity index (χ0n) is 7.20. The van der Waals surface area contributed by atoms with Crippen LogP contribution in [0.2, 0.25) is 0 Å².